The van der Waals surface area contributed by atoms with Crippen LogP contribution in [0.3, 0.4) is 0 Å². The second kappa shape index (κ2) is 1.79. The third-order valence-corrected chi connectivity index (χ3v) is 3.50. The van der Waals surface area contributed by atoms with Crippen LogP contribution in [0, 0.1) is 17.8 Å². The van der Waals surface area contributed by atoms with Gasteiger partial charge in [-0.2, -0.15) is 0 Å². The SMILES string of the molecule is COC1=N[C@H]2CCC[C@@H]3[C@@H]1[C@@H]32. The largest absolute Gasteiger partial charge is 0.484 e. The lowest BCUT2D eigenvalue weighted by atomic mass is 9.96. The van der Waals surface area contributed by atoms with Gasteiger partial charge >= 0.3 is 0 Å². The maximum Gasteiger partial charge on any atom is 0.187 e. The molecule has 11 heavy (non-hydrogen) atoms. The van der Waals surface area contributed by atoms with Gasteiger partial charge in [0.05, 0.1) is 13.2 Å². The molecule has 3 rings (SSSR count). The van der Waals surface area contributed by atoms with Crippen molar-refractivity contribution < 1.29 is 4.74 Å². The monoisotopic (exact) mass is 151 g/mol. The van der Waals surface area contributed by atoms with E-state index in [9.17, 15) is 0 Å². The van der Waals surface area contributed by atoms with Gasteiger partial charge in [-0.25, -0.2) is 0 Å². The number of rotatable bonds is 0. The van der Waals surface area contributed by atoms with Gasteiger partial charge in [-0.05, 0) is 24.7 Å². The van der Waals surface area contributed by atoms with E-state index in [-0.39, 0.29) is 0 Å². The molecule has 2 heteroatoms. The van der Waals surface area contributed by atoms with Crippen molar-refractivity contribution in [3.8, 4) is 0 Å². The van der Waals surface area contributed by atoms with Gasteiger partial charge in [-0.15, -0.1) is 0 Å². The molecule has 0 saturated heterocycles. The first-order valence-electron chi connectivity index (χ1n) is 4.53. The van der Waals surface area contributed by atoms with Crippen molar-refractivity contribution in [1.82, 2.24) is 0 Å². The summed E-state index contributed by atoms with van der Waals surface area (Å²) in [5, 5.41) is 0. The fraction of sp³-hybridized carbons (Fsp3) is 0.889. The Kier molecular flexibility index (Phi) is 0.984. The first kappa shape index (κ1) is 6.04. The molecule has 60 valence electrons. The normalized spacial score (nSPS) is 51.5. The number of nitrogens with zero attached hydrogens (tertiary/aromatic N) is 1. The van der Waals surface area contributed by atoms with Crippen molar-refractivity contribution in [1.29, 1.82) is 0 Å². The van der Waals surface area contributed by atoms with Crippen LogP contribution >= 0.6 is 0 Å². The molecule has 2 saturated carbocycles. The van der Waals surface area contributed by atoms with E-state index in [0.717, 1.165) is 23.7 Å². The summed E-state index contributed by atoms with van der Waals surface area (Å²) < 4.78 is 5.25. The minimum absolute atomic E-state index is 0.647. The molecular weight excluding hydrogens is 138 g/mol. The third-order valence-electron chi connectivity index (χ3n) is 3.50. The van der Waals surface area contributed by atoms with E-state index < -0.39 is 0 Å². The maximum atomic E-state index is 5.25. The summed E-state index contributed by atoms with van der Waals surface area (Å²) in [4.78, 5) is 4.55. The summed E-state index contributed by atoms with van der Waals surface area (Å²) in [5.41, 5.74) is 0. The van der Waals surface area contributed by atoms with Gasteiger partial charge in [-0.3, -0.25) is 4.99 Å². The highest BCUT2D eigenvalue weighted by Crippen LogP contribution is 2.60. The van der Waals surface area contributed by atoms with E-state index in [4.69, 9.17) is 4.74 Å². The smallest absolute Gasteiger partial charge is 0.187 e. The number of methoxy groups -OCH3 is 1. The van der Waals surface area contributed by atoms with Gasteiger partial charge < -0.3 is 4.74 Å². The van der Waals surface area contributed by atoms with Crippen LogP contribution in [-0.2, 0) is 4.74 Å². The molecule has 2 aliphatic carbocycles. The molecule has 2 nitrogen and oxygen atoms in total. The first-order chi connectivity index (χ1) is 5.42. The minimum Gasteiger partial charge on any atom is -0.484 e. The summed E-state index contributed by atoms with van der Waals surface area (Å²) in [5.74, 6) is 3.66. The zero-order valence-electron chi connectivity index (χ0n) is 6.79. The summed E-state index contributed by atoms with van der Waals surface area (Å²) in [6.07, 6.45) is 4.13. The molecule has 1 aliphatic heterocycles. The van der Waals surface area contributed by atoms with Crippen LogP contribution in [0.5, 0.6) is 0 Å². The Labute approximate surface area is 66.7 Å². The fourth-order valence-electron chi connectivity index (χ4n) is 2.99. The van der Waals surface area contributed by atoms with E-state index in [2.05, 4.69) is 4.99 Å². The Bertz CT molecular complexity index is 224. The topological polar surface area (TPSA) is 21.6 Å². The van der Waals surface area contributed by atoms with Crippen LogP contribution in [0.2, 0.25) is 0 Å². The average Bonchev–Trinajstić information content (AvgIpc) is 2.59. The van der Waals surface area contributed by atoms with Gasteiger partial charge in [0.1, 0.15) is 0 Å². The van der Waals surface area contributed by atoms with E-state index in [1.807, 2.05) is 0 Å². The molecule has 0 aromatic carbocycles. The van der Waals surface area contributed by atoms with Crippen LogP contribution in [0.25, 0.3) is 0 Å². The van der Waals surface area contributed by atoms with Gasteiger partial charge in [0.25, 0.3) is 0 Å². The quantitative estimate of drug-likeness (QED) is 0.513. The highest BCUT2D eigenvalue weighted by molar-refractivity contribution is 5.85. The van der Waals surface area contributed by atoms with Crippen LogP contribution in [0.4, 0.5) is 0 Å². The Balaban J connectivity index is 1.91. The minimum atomic E-state index is 0.647. The van der Waals surface area contributed by atoms with Crippen LogP contribution < -0.4 is 0 Å². The van der Waals surface area contributed by atoms with Crippen LogP contribution in [-0.4, -0.2) is 19.0 Å². The number of hydrogen-bond acceptors (Lipinski definition) is 2. The Morgan fingerprint density at radius 3 is 3.00 bits per heavy atom. The lowest BCUT2D eigenvalue weighted by Gasteiger charge is -2.16. The third kappa shape index (κ3) is 0.608. The average molecular weight is 151 g/mol. The van der Waals surface area contributed by atoms with Crippen molar-refractivity contribution in [3.63, 3.8) is 0 Å². The van der Waals surface area contributed by atoms with E-state index in [1.54, 1.807) is 7.11 Å². The predicted molar refractivity (Wildman–Crippen MR) is 42.6 cm³/mol. The van der Waals surface area contributed by atoms with Crippen molar-refractivity contribution in [2.45, 2.75) is 25.3 Å². The summed E-state index contributed by atoms with van der Waals surface area (Å²) >= 11 is 0. The Morgan fingerprint density at radius 1 is 1.45 bits per heavy atom. The summed E-state index contributed by atoms with van der Waals surface area (Å²) in [6.45, 7) is 0. The van der Waals surface area contributed by atoms with E-state index in [0.29, 0.717) is 6.04 Å². The van der Waals surface area contributed by atoms with Crippen LogP contribution in [0.1, 0.15) is 19.3 Å². The van der Waals surface area contributed by atoms with Crippen molar-refractivity contribution >= 4 is 5.90 Å². The lowest BCUT2D eigenvalue weighted by molar-refractivity contribution is 0.369. The number of aliphatic imine (C=N–C) groups is 1. The summed E-state index contributed by atoms with van der Waals surface area (Å²) in [7, 11) is 1.76. The fourth-order valence-corrected chi connectivity index (χ4v) is 2.99. The molecule has 4 atom stereocenters. The molecular formula is C9H13NO. The molecule has 0 unspecified atom stereocenters. The lowest BCUT2D eigenvalue weighted by Crippen LogP contribution is -2.14. The standard InChI is InChI=1S/C9H13NO/c1-11-9-8-5-3-2-4-6(10-9)7(5)8/h5-8H,2-4H2,1H3/t5-,6-,7-,8+/m0/s1. The van der Waals surface area contributed by atoms with Crippen LogP contribution in [0.15, 0.2) is 4.99 Å². The summed E-state index contributed by atoms with van der Waals surface area (Å²) in [6, 6.07) is 0.647. The molecule has 0 N–H and O–H groups in total. The molecule has 0 amide bonds. The Hall–Kier alpha value is -0.530. The second-order valence-corrected chi connectivity index (χ2v) is 3.94. The highest BCUT2D eigenvalue weighted by atomic mass is 16.5. The predicted octanol–water partition coefficient (Wildman–Crippen LogP) is 1.46. The highest BCUT2D eigenvalue weighted by Gasteiger charge is 2.62. The van der Waals surface area contributed by atoms with E-state index >= 15 is 0 Å². The molecule has 0 aromatic heterocycles. The zero-order valence-corrected chi connectivity index (χ0v) is 6.79. The number of fused-ring (bicyclic) bond motifs is 1. The van der Waals surface area contributed by atoms with E-state index in [1.165, 1.54) is 19.3 Å². The Morgan fingerprint density at radius 2 is 2.36 bits per heavy atom. The molecule has 0 spiro atoms. The number of ether oxygens (including phenoxy) is 1. The molecule has 1 heterocycles. The maximum absolute atomic E-state index is 5.25. The van der Waals surface area contributed by atoms with Crippen molar-refractivity contribution in [2.24, 2.45) is 22.7 Å². The molecule has 2 fully saturated rings. The molecule has 3 aliphatic rings. The zero-order chi connectivity index (χ0) is 7.42. The van der Waals surface area contributed by atoms with Gasteiger partial charge in [0.2, 0.25) is 0 Å². The van der Waals surface area contributed by atoms with Gasteiger partial charge in [-0.1, -0.05) is 6.42 Å². The second-order valence-electron chi connectivity index (χ2n) is 3.94. The first-order valence-corrected chi connectivity index (χ1v) is 4.53. The molecule has 0 aromatic rings. The van der Waals surface area contributed by atoms with Gasteiger partial charge in [0.15, 0.2) is 5.90 Å². The molecule has 0 bridgehead atoms. The van der Waals surface area contributed by atoms with Crippen molar-refractivity contribution in [3.05, 3.63) is 0 Å². The number of hydrogen-bond donors (Lipinski definition) is 0. The molecule has 0 radical (unpaired) electrons. The van der Waals surface area contributed by atoms with Gasteiger partial charge in [0, 0.05) is 5.92 Å². The van der Waals surface area contributed by atoms with Crippen molar-refractivity contribution in [2.75, 3.05) is 7.11 Å².